The molecule has 0 bridgehead atoms. The highest BCUT2D eigenvalue weighted by Crippen LogP contribution is 2.22. The normalized spacial score (nSPS) is 18.7. The summed E-state index contributed by atoms with van der Waals surface area (Å²) in [5.41, 5.74) is 1.11. The Morgan fingerprint density at radius 1 is 1.16 bits per heavy atom. The molecular weight excluding hydrogens is 403 g/mol. The van der Waals surface area contributed by atoms with E-state index >= 15 is 0 Å². The van der Waals surface area contributed by atoms with Crippen molar-refractivity contribution < 1.29 is 23.5 Å². The minimum atomic E-state index is -0.334. The van der Waals surface area contributed by atoms with Gasteiger partial charge >= 0.3 is 6.03 Å². The van der Waals surface area contributed by atoms with E-state index in [2.05, 4.69) is 10.3 Å². The number of morpholine rings is 1. The number of hydrogen-bond donors (Lipinski definition) is 1. The molecule has 3 amide bonds. The van der Waals surface area contributed by atoms with Crippen LogP contribution >= 0.6 is 0 Å². The molecule has 1 unspecified atom stereocenters. The van der Waals surface area contributed by atoms with E-state index in [4.69, 9.17) is 9.47 Å². The second-order valence-corrected chi connectivity index (χ2v) is 7.52. The van der Waals surface area contributed by atoms with Gasteiger partial charge in [-0.2, -0.15) is 0 Å². The Balaban J connectivity index is 1.33. The molecule has 2 saturated heterocycles. The predicted octanol–water partition coefficient (Wildman–Crippen LogP) is 2.06. The van der Waals surface area contributed by atoms with Gasteiger partial charge in [0.05, 0.1) is 19.8 Å². The maximum absolute atomic E-state index is 13.3. The molecule has 0 aliphatic carbocycles. The van der Waals surface area contributed by atoms with Gasteiger partial charge in [0, 0.05) is 38.8 Å². The van der Waals surface area contributed by atoms with E-state index in [1.807, 2.05) is 0 Å². The maximum Gasteiger partial charge on any atom is 0.317 e. The first-order chi connectivity index (χ1) is 15.1. The molecule has 31 heavy (non-hydrogen) atoms. The Bertz CT molecular complexity index is 935. The van der Waals surface area contributed by atoms with Crippen LogP contribution in [0.4, 0.5) is 9.18 Å². The summed E-state index contributed by atoms with van der Waals surface area (Å²) >= 11 is 0. The molecule has 9 heteroatoms. The fourth-order valence-corrected chi connectivity index (χ4v) is 3.69. The lowest BCUT2D eigenvalue weighted by molar-refractivity contribution is 0.0298. The zero-order chi connectivity index (χ0) is 21.6. The predicted molar refractivity (Wildman–Crippen MR) is 110 cm³/mol. The highest BCUT2D eigenvalue weighted by Gasteiger charge is 2.30. The van der Waals surface area contributed by atoms with Crippen molar-refractivity contribution in [2.24, 2.45) is 0 Å². The van der Waals surface area contributed by atoms with Crippen molar-refractivity contribution >= 4 is 11.9 Å². The number of benzene rings is 1. The fourth-order valence-electron chi connectivity index (χ4n) is 3.69. The van der Waals surface area contributed by atoms with Gasteiger partial charge in [-0.1, -0.05) is 12.1 Å². The molecule has 0 radical (unpaired) electrons. The summed E-state index contributed by atoms with van der Waals surface area (Å²) in [6.45, 7) is 3.27. The number of urea groups is 1. The molecule has 2 aromatic rings. The number of ether oxygens (including phenoxy) is 2. The Morgan fingerprint density at radius 2 is 2.00 bits per heavy atom. The van der Waals surface area contributed by atoms with Crippen LogP contribution in [-0.4, -0.2) is 72.2 Å². The highest BCUT2D eigenvalue weighted by molar-refractivity contribution is 5.96. The number of likely N-dealkylation sites (tertiary alicyclic amines) is 1. The summed E-state index contributed by atoms with van der Waals surface area (Å²) in [7, 11) is 0. The second-order valence-electron chi connectivity index (χ2n) is 7.52. The van der Waals surface area contributed by atoms with Crippen molar-refractivity contribution in [2.45, 2.75) is 19.1 Å². The number of carbonyl (C=O) groups excluding carboxylic acids is 2. The molecule has 3 heterocycles. The molecule has 1 aromatic carbocycles. The Labute approximate surface area is 179 Å². The molecule has 2 aliphatic rings. The molecular formula is C22H25FN4O4. The number of amides is 3. The lowest BCUT2D eigenvalue weighted by Crippen LogP contribution is -2.41. The van der Waals surface area contributed by atoms with E-state index in [1.54, 1.807) is 40.3 Å². The monoisotopic (exact) mass is 428 g/mol. The number of aromatic nitrogens is 1. The molecule has 1 N–H and O–H groups in total. The molecule has 8 nitrogen and oxygen atoms in total. The zero-order valence-electron chi connectivity index (χ0n) is 17.1. The average molecular weight is 428 g/mol. The van der Waals surface area contributed by atoms with Crippen LogP contribution in [0.1, 0.15) is 22.3 Å². The van der Waals surface area contributed by atoms with E-state index in [0.29, 0.717) is 56.9 Å². The summed E-state index contributed by atoms with van der Waals surface area (Å²) in [5, 5.41) is 2.80. The van der Waals surface area contributed by atoms with Gasteiger partial charge in [-0.05, 0) is 29.8 Å². The van der Waals surface area contributed by atoms with Crippen molar-refractivity contribution in [3.8, 4) is 5.88 Å². The van der Waals surface area contributed by atoms with Crippen LogP contribution in [0.3, 0.4) is 0 Å². The topological polar surface area (TPSA) is 84.0 Å². The van der Waals surface area contributed by atoms with Crippen molar-refractivity contribution in [3.63, 3.8) is 0 Å². The quantitative estimate of drug-likeness (QED) is 0.788. The van der Waals surface area contributed by atoms with Crippen LogP contribution < -0.4 is 10.1 Å². The van der Waals surface area contributed by atoms with Gasteiger partial charge in [-0.3, -0.25) is 4.79 Å². The lowest BCUT2D eigenvalue weighted by Gasteiger charge is -2.27. The Morgan fingerprint density at radius 3 is 2.81 bits per heavy atom. The maximum atomic E-state index is 13.3. The van der Waals surface area contributed by atoms with Crippen LogP contribution in [0, 0.1) is 5.82 Å². The van der Waals surface area contributed by atoms with Gasteiger partial charge in [0.25, 0.3) is 5.91 Å². The average Bonchev–Trinajstić information content (AvgIpc) is 3.27. The van der Waals surface area contributed by atoms with Gasteiger partial charge < -0.3 is 24.6 Å². The third-order valence-corrected chi connectivity index (χ3v) is 5.34. The molecule has 4 rings (SSSR count). The standard InChI is InChI=1S/C22H25FN4O4/c23-17-4-1-3-16(13-17)14-25-22(29)27-8-6-18(15-27)31-20-19(5-2-7-24-20)21(28)26-9-11-30-12-10-26/h1-5,7,13,18H,6,8-12,14-15H2,(H,25,29). The SMILES string of the molecule is O=C(NCc1cccc(F)c1)N1CCC(Oc2ncccc2C(=O)N2CCOCC2)C1. The minimum Gasteiger partial charge on any atom is -0.472 e. The first kappa shape index (κ1) is 21.0. The van der Waals surface area contributed by atoms with Crippen LogP contribution in [0.25, 0.3) is 0 Å². The van der Waals surface area contributed by atoms with Crippen molar-refractivity contribution in [1.29, 1.82) is 0 Å². The van der Waals surface area contributed by atoms with Crippen LogP contribution in [0.2, 0.25) is 0 Å². The lowest BCUT2D eigenvalue weighted by atomic mass is 10.2. The third-order valence-electron chi connectivity index (χ3n) is 5.34. The summed E-state index contributed by atoms with van der Waals surface area (Å²) in [5.74, 6) is -0.181. The molecule has 2 aliphatic heterocycles. The van der Waals surface area contributed by atoms with Gasteiger partial charge in [0.15, 0.2) is 0 Å². The number of carbonyl (C=O) groups is 2. The molecule has 0 saturated carbocycles. The van der Waals surface area contributed by atoms with E-state index in [0.717, 1.165) is 0 Å². The van der Waals surface area contributed by atoms with E-state index in [9.17, 15) is 14.0 Å². The Kier molecular flexibility index (Phi) is 6.61. The van der Waals surface area contributed by atoms with Crippen LogP contribution in [0.5, 0.6) is 5.88 Å². The third kappa shape index (κ3) is 5.29. The van der Waals surface area contributed by atoms with Crippen LogP contribution in [0.15, 0.2) is 42.6 Å². The summed E-state index contributed by atoms with van der Waals surface area (Å²) in [4.78, 5) is 33.0. The highest BCUT2D eigenvalue weighted by atomic mass is 19.1. The number of halogens is 1. The summed E-state index contributed by atoms with van der Waals surface area (Å²) in [6.07, 6.45) is 1.96. The zero-order valence-corrected chi connectivity index (χ0v) is 17.1. The molecule has 0 spiro atoms. The van der Waals surface area contributed by atoms with E-state index < -0.39 is 0 Å². The largest absolute Gasteiger partial charge is 0.472 e. The first-order valence-corrected chi connectivity index (χ1v) is 10.4. The van der Waals surface area contributed by atoms with Crippen LogP contribution in [-0.2, 0) is 11.3 Å². The first-order valence-electron chi connectivity index (χ1n) is 10.4. The Hall–Kier alpha value is -3.20. The number of nitrogens with one attached hydrogen (secondary N) is 1. The summed E-state index contributed by atoms with van der Waals surface area (Å²) < 4.78 is 24.6. The van der Waals surface area contributed by atoms with Gasteiger partial charge in [0.2, 0.25) is 5.88 Å². The molecule has 1 aromatic heterocycles. The molecule has 1 atom stereocenters. The number of pyridine rings is 1. The van der Waals surface area contributed by atoms with Crippen molar-refractivity contribution in [2.75, 3.05) is 39.4 Å². The fraction of sp³-hybridized carbons (Fsp3) is 0.409. The summed E-state index contributed by atoms with van der Waals surface area (Å²) in [6, 6.07) is 9.31. The van der Waals surface area contributed by atoms with Gasteiger partial charge in [0.1, 0.15) is 17.5 Å². The van der Waals surface area contributed by atoms with E-state index in [1.165, 1.54) is 12.1 Å². The van der Waals surface area contributed by atoms with Crippen molar-refractivity contribution in [1.82, 2.24) is 20.1 Å². The van der Waals surface area contributed by atoms with Gasteiger partial charge in [-0.15, -0.1) is 0 Å². The second kappa shape index (κ2) is 9.74. The number of hydrogen-bond acceptors (Lipinski definition) is 5. The molecule has 164 valence electrons. The van der Waals surface area contributed by atoms with Crippen molar-refractivity contribution in [3.05, 3.63) is 59.5 Å². The van der Waals surface area contributed by atoms with Gasteiger partial charge in [-0.25, -0.2) is 14.2 Å². The molecule has 2 fully saturated rings. The minimum absolute atomic E-state index is 0.130. The number of nitrogens with zero attached hydrogens (tertiary/aromatic N) is 3. The van der Waals surface area contributed by atoms with E-state index in [-0.39, 0.29) is 36.3 Å². The smallest absolute Gasteiger partial charge is 0.317 e. The number of rotatable bonds is 5.